The Morgan fingerprint density at radius 1 is 1.50 bits per heavy atom. The Hall–Kier alpha value is -0.570. The van der Waals surface area contributed by atoms with Crippen molar-refractivity contribution in [3.63, 3.8) is 0 Å². The average molecular weight is 170 g/mol. The Bertz CT molecular complexity index is 170. The van der Waals surface area contributed by atoms with Gasteiger partial charge in [0.05, 0.1) is 6.04 Å². The highest BCUT2D eigenvalue weighted by molar-refractivity contribution is 5.80. The summed E-state index contributed by atoms with van der Waals surface area (Å²) in [5.41, 5.74) is 0. The molecule has 0 saturated heterocycles. The Morgan fingerprint density at radius 3 is 2.50 bits per heavy atom. The van der Waals surface area contributed by atoms with Crippen LogP contribution >= 0.6 is 0 Å². The third kappa shape index (κ3) is 1.97. The topological polar surface area (TPSA) is 41.1 Å². The van der Waals surface area contributed by atoms with E-state index in [1.807, 2.05) is 6.92 Å². The van der Waals surface area contributed by atoms with E-state index < -0.39 is 0 Å². The van der Waals surface area contributed by atoms with Crippen LogP contribution in [-0.2, 0) is 4.79 Å². The monoisotopic (exact) mass is 170 g/mol. The number of carbonyl (C=O) groups excluding carboxylic acids is 1. The van der Waals surface area contributed by atoms with Gasteiger partial charge in [-0.25, -0.2) is 0 Å². The van der Waals surface area contributed by atoms with Crippen LogP contribution in [0.2, 0.25) is 0 Å². The maximum atomic E-state index is 11.1. The molecule has 0 aromatic rings. The number of likely N-dealkylation sites (N-methyl/N-ethyl adjacent to an activating group) is 1. The molecule has 1 fully saturated rings. The lowest BCUT2D eigenvalue weighted by atomic mass is 9.81. The van der Waals surface area contributed by atoms with Crippen molar-refractivity contribution in [2.75, 3.05) is 7.05 Å². The smallest absolute Gasteiger partial charge is 0.236 e. The quantitative estimate of drug-likeness (QED) is 0.648. The summed E-state index contributed by atoms with van der Waals surface area (Å²) < 4.78 is 0. The second kappa shape index (κ2) is 3.90. The molecule has 0 aromatic heterocycles. The predicted octanol–water partition coefficient (Wildman–Crippen LogP) is 0.509. The Balaban J connectivity index is 2.25. The molecule has 3 nitrogen and oxygen atoms in total. The third-order valence-corrected chi connectivity index (χ3v) is 2.72. The van der Waals surface area contributed by atoms with Crippen LogP contribution in [0, 0.1) is 5.92 Å². The molecule has 1 saturated carbocycles. The highest BCUT2D eigenvalue weighted by atomic mass is 16.2. The van der Waals surface area contributed by atoms with Crippen molar-refractivity contribution in [1.82, 2.24) is 10.6 Å². The Morgan fingerprint density at radius 2 is 2.17 bits per heavy atom. The summed E-state index contributed by atoms with van der Waals surface area (Å²) >= 11 is 0. The standard InChI is InChI=1S/C9H18N2O/c1-6-4-5-8(6)11-7(2)9(12)10-3/h6-8,11H,4-5H2,1-3H3,(H,10,12)/t6?,7-,8?/m1/s1. The molecule has 1 rings (SSSR count). The van der Waals surface area contributed by atoms with Gasteiger partial charge in [-0.2, -0.15) is 0 Å². The van der Waals surface area contributed by atoms with Gasteiger partial charge < -0.3 is 10.6 Å². The first-order valence-corrected chi connectivity index (χ1v) is 4.62. The summed E-state index contributed by atoms with van der Waals surface area (Å²) in [7, 11) is 1.67. The molecular formula is C9H18N2O. The van der Waals surface area contributed by atoms with Gasteiger partial charge in [0.1, 0.15) is 0 Å². The highest BCUT2D eigenvalue weighted by Gasteiger charge is 2.28. The second-order valence-corrected chi connectivity index (χ2v) is 3.66. The fourth-order valence-electron chi connectivity index (χ4n) is 1.53. The lowest BCUT2D eigenvalue weighted by Gasteiger charge is -2.36. The Kier molecular flexibility index (Phi) is 3.09. The van der Waals surface area contributed by atoms with Gasteiger partial charge in [-0.1, -0.05) is 6.92 Å². The number of hydrogen-bond acceptors (Lipinski definition) is 2. The van der Waals surface area contributed by atoms with Crippen LogP contribution in [-0.4, -0.2) is 25.0 Å². The van der Waals surface area contributed by atoms with Crippen molar-refractivity contribution in [3.05, 3.63) is 0 Å². The number of carbonyl (C=O) groups is 1. The number of hydrogen-bond donors (Lipinski definition) is 2. The van der Waals surface area contributed by atoms with Gasteiger partial charge in [-0.05, 0) is 25.7 Å². The predicted molar refractivity (Wildman–Crippen MR) is 48.9 cm³/mol. The fraction of sp³-hybridized carbons (Fsp3) is 0.889. The average Bonchev–Trinajstić information content (AvgIpc) is 2.09. The minimum absolute atomic E-state index is 0.0530. The van der Waals surface area contributed by atoms with Crippen LogP contribution < -0.4 is 10.6 Å². The molecule has 0 spiro atoms. The van der Waals surface area contributed by atoms with Crippen molar-refractivity contribution in [3.8, 4) is 0 Å². The number of nitrogens with one attached hydrogen (secondary N) is 2. The molecule has 1 aliphatic rings. The third-order valence-electron chi connectivity index (χ3n) is 2.72. The largest absolute Gasteiger partial charge is 0.358 e. The molecule has 70 valence electrons. The van der Waals surface area contributed by atoms with Crippen molar-refractivity contribution < 1.29 is 4.79 Å². The van der Waals surface area contributed by atoms with Gasteiger partial charge in [-0.3, -0.25) is 4.79 Å². The molecule has 12 heavy (non-hydrogen) atoms. The van der Waals surface area contributed by atoms with E-state index >= 15 is 0 Å². The summed E-state index contributed by atoms with van der Waals surface area (Å²) in [6.07, 6.45) is 2.50. The van der Waals surface area contributed by atoms with Crippen LogP contribution in [0.25, 0.3) is 0 Å². The molecule has 3 atom stereocenters. The van der Waals surface area contributed by atoms with Crippen molar-refractivity contribution in [2.45, 2.75) is 38.8 Å². The first kappa shape index (κ1) is 9.52. The lowest BCUT2D eigenvalue weighted by molar-refractivity contribution is -0.122. The first-order chi connectivity index (χ1) is 5.65. The summed E-state index contributed by atoms with van der Waals surface area (Å²) in [5.74, 6) is 0.811. The van der Waals surface area contributed by atoms with Crippen LogP contribution in [0.15, 0.2) is 0 Å². The molecule has 0 aliphatic heterocycles. The summed E-state index contributed by atoms with van der Waals surface area (Å²) in [6, 6.07) is 0.500. The van der Waals surface area contributed by atoms with Gasteiger partial charge >= 0.3 is 0 Å². The molecule has 2 N–H and O–H groups in total. The van der Waals surface area contributed by atoms with Crippen molar-refractivity contribution in [1.29, 1.82) is 0 Å². The van der Waals surface area contributed by atoms with E-state index in [0.717, 1.165) is 5.92 Å². The zero-order chi connectivity index (χ0) is 9.14. The van der Waals surface area contributed by atoms with E-state index in [1.165, 1.54) is 12.8 Å². The summed E-state index contributed by atoms with van der Waals surface area (Å²) in [6.45, 7) is 4.13. The van der Waals surface area contributed by atoms with E-state index in [9.17, 15) is 4.79 Å². The minimum atomic E-state index is -0.0530. The number of amides is 1. The van der Waals surface area contributed by atoms with Crippen molar-refractivity contribution in [2.24, 2.45) is 5.92 Å². The van der Waals surface area contributed by atoms with Gasteiger partial charge in [0.2, 0.25) is 5.91 Å². The molecule has 2 unspecified atom stereocenters. The zero-order valence-corrected chi connectivity index (χ0v) is 8.05. The maximum Gasteiger partial charge on any atom is 0.236 e. The minimum Gasteiger partial charge on any atom is -0.358 e. The molecule has 3 heteroatoms. The molecule has 0 aromatic carbocycles. The Labute approximate surface area is 73.9 Å². The van der Waals surface area contributed by atoms with E-state index in [4.69, 9.17) is 0 Å². The zero-order valence-electron chi connectivity index (χ0n) is 8.05. The van der Waals surface area contributed by atoms with E-state index in [1.54, 1.807) is 7.05 Å². The van der Waals surface area contributed by atoms with Crippen molar-refractivity contribution >= 4 is 5.91 Å². The molecule has 1 amide bonds. The molecule has 0 bridgehead atoms. The highest BCUT2D eigenvalue weighted by Crippen LogP contribution is 2.26. The van der Waals surface area contributed by atoms with Gasteiger partial charge in [0.15, 0.2) is 0 Å². The molecular weight excluding hydrogens is 152 g/mol. The van der Waals surface area contributed by atoms with Crippen LogP contribution in [0.1, 0.15) is 26.7 Å². The second-order valence-electron chi connectivity index (χ2n) is 3.66. The SMILES string of the molecule is CNC(=O)[C@@H](C)NC1CCC1C. The van der Waals surface area contributed by atoms with Crippen LogP contribution in [0.3, 0.4) is 0 Å². The molecule has 0 heterocycles. The van der Waals surface area contributed by atoms with Crippen LogP contribution in [0.4, 0.5) is 0 Å². The summed E-state index contributed by atoms with van der Waals surface area (Å²) in [4.78, 5) is 11.1. The van der Waals surface area contributed by atoms with Gasteiger partial charge in [-0.15, -0.1) is 0 Å². The maximum absolute atomic E-state index is 11.1. The van der Waals surface area contributed by atoms with E-state index in [2.05, 4.69) is 17.6 Å². The summed E-state index contributed by atoms with van der Waals surface area (Å²) in [5, 5.41) is 5.94. The normalized spacial score (nSPS) is 30.6. The fourth-order valence-corrected chi connectivity index (χ4v) is 1.53. The van der Waals surface area contributed by atoms with E-state index in [0.29, 0.717) is 6.04 Å². The molecule has 0 radical (unpaired) electrons. The number of rotatable bonds is 3. The van der Waals surface area contributed by atoms with Gasteiger partial charge in [0, 0.05) is 13.1 Å². The van der Waals surface area contributed by atoms with Gasteiger partial charge in [0.25, 0.3) is 0 Å². The van der Waals surface area contributed by atoms with Crippen LogP contribution in [0.5, 0.6) is 0 Å². The van der Waals surface area contributed by atoms with E-state index in [-0.39, 0.29) is 11.9 Å². The molecule has 1 aliphatic carbocycles. The first-order valence-electron chi connectivity index (χ1n) is 4.62. The lowest BCUT2D eigenvalue weighted by Crippen LogP contribution is -2.51.